The van der Waals surface area contributed by atoms with E-state index in [2.05, 4.69) is 15.5 Å². The Hall–Kier alpha value is -1.43. The first-order chi connectivity index (χ1) is 9.33. The van der Waals surface area contributed by atoms with Crippen LogP contribution in [0.15, 0.2) is 36.5 Å². The molecule has 6 heteroatoms. The standard InChI is InChI=1S/C13H13ClN4S/c14-11-5-4-10(19-11)9-15-7-6-13-17-16-12-3-1-2-8-18(12)13/h1-5,8,15H,6-7,9H2. The molecule has 0 amide bonds. The molecule has 0 aliphatic carbocycles. The van der Waals surface area contributed by atoms with Crippen molar-refractivity contribution in [2.75, 3.05) is 6.54 Å². The Labute approximate surface area is 120 Å². The fourth-order valence-corrected chi connectivity index (χ4v) is 2.98. The summed E-state index contributed by atoms with van der Waals surface area (Å²) < 4.78 is 2.85. The maximum atomic E-state index is 5.89. The van der Waals surface area contributed by atoms with Crippen LogP contribution in [0.5, 0.6) is 0 Å². The summed E-state index contributed by atoms with van der Waals surface area (Å²) in [6.45, 7) is 1.71. The zero-order valence-corrected chi connectivity index (χ0v) is 11.8. The molecule has 19 heavy (non-hydrogen) atoms. The van der Waals surface area contributed by atoms with E-state index in [1.165, 1.54) is 4.88 Å². The lowest BCUT2D eigenvalue weighted by atomic mass is 10.3. The van der Waals surface area contributed by atoms with Gasteiger partial charge in [0.05, 0.1) is 4.34 Å². The number of halogens is 1. The number of nitrogens with zero attached hydrogens (tertiary/aromatic N) is 3. The van der Waals surface area contributed by atoms with E-state index >= 15 is 0 Å². The quantitative estimate of drug-likeness (QED) is 0.735. The van der Waals surface area contributed by atoms with Crippen molar-refractivity contribution in [2.24, 2.45) is 0 Å². The highest BCUT2D eigenvalue weighted by Gasteiger charge is 2.04. The minimum Gasteiger partial charge on any atom is -0.311 e. The molecule has 4 nitrogen and oxygen atoms in total. The highest BCUT2D eigenvalue weighted by Crippen LogP contribution is 2.20. The Kier molecular flexibility index (Phi) is 3.77. The Morgan fingerprint density at radius 3 is 3.00 bits per heavy atom. The SMILES string of the molecule is Clc1ccc(CNCCc2nnc3ccccn23)s1. The van der Waals surface area contributed by atoms with Gasteiger partial charge in [-0.1, -0.05) is 17.7 Å². The molecule has 0 aromatic carbocycles. The van der Waals surface area contributed by atoms with Gasteiger partial charge in [-0.2, -0.15) is 0 Å². The van der Waals surface area contributed by atoms with Gasteiger partial charge >= 0.3 is 0 Å². The van der Waals surface area contributed by atoms with Gasteiger partial charge in [0.1, 0.15) is 5.82 Å². The molecule has 0 saturated heterocycles. The zero-order valence-electron chi connectivity index (χ0n) is 10.2. The van der Waals surface area contributed by atoms with Crippen molar-refractivity contribution >= 4 is 28.6 Å². The van der Waals surface area contributed by atoms with Crippen LogP contribution in [0.4, 0.5) is 0 Å². The third kappa shape index (κ3) is 2.94. The van der Waals surface area contributed by atoms with E-state index < -0.39 is 0 Å². The number of nitrogens with one attached hydrogen (secondary N) is 1. The molecule has 0 unspecified atom stereocenters. The second-order valence-electron chi connectivity index (χ2n) is 4.18. The first-order valence-corrected chi connectivity index (χ1v) is 7.26. The summed E-state index contributed by atoms with van der Waals surface area (Å²) >= 11 is 7.50. The summed E-state index contributed by atoms with van der Waals surface area (Å²) in [4.78, 5) is 1.25. The molecule has 0 radical (unpaired) electrons. The van der Waals surface area contributed by atoms with Gasteiger partial charge in [-0.15, -0.1) is 21.5 Å². The van der Waals surface area contributed by atoms with Crippen LogP contribution >= 0.6 is 22.9 Å². The molecular formula is C13H13ClN4S. The van der Waals surface area contributed by atoms with Gasteiger partial charge in [0.25, 0.3) is 0 Å². The average Bonchev–Trinajstić information content (AvgIpc) is 3.02. The number of thiophene rings is 1. The predicted octanol–water partition coefficient (Wildman–Crippen LogP) is 2.78. The van der Waals surface area contributed by atoms with Crippen molar-refractivity contribution in [2.45, 2.75) is 13.0 Å². The Morgan fingerprint density at radius 1 is 1.21 bits per heavy atom. The van der Waals surface area contributed by atoms with Crippen LogP contribution in [0.25, 0.3) is 5.65 Å². The highest BCUT2D eigenvalue weighted by molar-refractivity contribution is 7.16. The van der Waals surface area contributed by atoms with E-state index in [0.29, 0.717) is 0 Å². The van der Waals surface area contributed by atoms with Crippen molar-refractivity contribution in [1.82, 2.24) is 19.9 Å². The van der Waals surface area contributed by atoms with Crippen molar-refractivity contribution in [1.29, 1.82) is 0 Å². The van der Waals surface area contributed by atoms with Crippen molar-refractivity contribution < 1.29 is 0 Å². The first-order valence-electron chi connectivity index (χ1n) is 6.06. The van der Waals surface area contributed by atoms with Crippen LogP contribution in [-0.2, 0) is 13.0 Å². The van der Waals surface area contributed by atoms with E-state index in [9.17, 15) is 0 Å². The lowest BCUT2D eigenvalue weighted by Crippen LogP contribution is -2.17. The molecule has 3 heterocycles. The first kappa shape index (κ1) is 12.6. The molecule has 3 aromatic heterocycles. The molecule has 0 atom stereocenters. The summed E-state index contributed by atoms with van der Waals surface area (Å²) in [6.07, 6.45) is 2.84. The number of fused-ring (bicyclic) bond motifs is 1. The van der Waals surface area contributed by atoms with E-state index in [1.807, 2.05) is 40.9 Å². The monoisotopic (exact) mass is 292 g/mol. The summed E-state index contributed by atoms with van der Waals surface area (Å²) in [6, 6.07) is 9.88. The number of hydrogen-bond acceptors (Lipinski definition) is 4. The topological polar surface area (TPSA) is 42.2 Å². The molecule has 0 spiro atoms. The van der Waals surface area contributed by atoms with Crippen molar-refractivity contribution in [3.05, 3.63) is 51.6 Å². The van der Waals surface area contributed by atoms with E-state index in [4.69, 9.17) is 11.6 Å². The van der Waals surface area contributed by atoms with Gasteiger partial charge < -0.3 is 5.32 Å². The fraction of sp³-hybridized carbons (Fsp3) is 0.231. The van der Waals surface area contributed by atoms with Crippen LogP contribution in [0.2, 0.25) is 4.34 Å². The molecule has 0 bridgehead atoms. The summed E-state index contributed by atoms with van der Waals surface area (Å²) in [7, 11) is 0. The van der Waals surface area contributed by atoms with Gasteiger partial charge in [-0.05, 0) is 24.3 Å². The summed E-state index contributed by atoms with van der Waals surface area (Å²) in [5, 5.41) is 11.7. The minimum absolute atomic E-state index is 0.834. The Balaban J connectivity index is 1.55. The normalized spacial score (nSPS) is 11.2. The van der Waals surface area contributed by atoms with Gasteiger partial charge in [-0.25, -0.2) is 0 Å². The molecule has 0 fully saturated rings. The molecule has 1 N–H and O–H groups in total. The van der Waals surface area contributed by atoms with Gasteiger partial charge in [0, 0.05) is 30.6 Å². The highest BCUT2D eigenvalue weighted by atomic mass is 35.5. The van der Waals surface area contributed by atoms with Crippen LogP contribution in [0.1, 0.15) is 10.7 Å². The maximum Gasteiger partial charge on any atom is 0.160 e. The van der Waals surface area contributed by atoms with Gasteiger partial charge in [0.15, 0.2) is 5.65 Å². The van der Waals surface area contributed by atoms with E-state index in [-0.39, 0.29) is 0 Å². The van der Waals surface area contributed by atoms with Crippen LogP contribution in [-0.4, -0.2) is 21.1 Å². The Morgan fingerprint density at radius 2 is 2.16 bits per heavy atom. The van der Waals surface area contributed by atoms with E-state index in [1.54, 1.807) is 11.3 Å². The molecule has 3 aromatic rings. The lowest BCUT2D eigenvalue weighted by Gasteiger charge is -2.02. The van der Waals surface area contributed by atoms with E-state index in [0.717, 1.165) is 35.3 Å². The maximum absolute atomic E-state index is 5.89. The third-order valence-corrected chi connectivity index (χ3v) is 4.07. The third-order valence-electron chi connectivity index (χ3n) is 2.84. The largest absolute Gasteiger partial charge is 0.311 e. The predicted molar refractivity (Wildman–Crippen MR) is 77.7 cm³/mol. The molecule has 98 valence electrons. The second kappa shape index (κ2) is 5.69. The Bertz CT molecular complexity index is 676. The minimum atomic E-state index is 0.834. The molecule has 0 aliphatic rings. The average molecular weight is 293 g/mol. The number of hydrogen-bond donors (Lipinski definition) is 1. The van der Waals surface area contributed by atoms with Crippen molar-refractivity contribution in [3.8, 4) is 0 Å². The smallest absolute Gasteiger partial charge is 0.160 e. The molecule has 3 rings (SSSR count). The summed E-state index contributed by atoms with van der Waals surface area (Å²) in [5.41, 5.74) is 0.891. The molecular weight excluding hydrogens is 280 g/mol. The van der Waals surface area contributed by atoms with Crippen molar-refractivity contribution in [3.63, 3.8) is 0 Å². The number of pyridine rings is 1. The number of aromatic nitrogens is 3. The second-order valence-corrected chi connectivity index (χ2v) is 5.98. The van der Waals surface area contributed by atoms with Crippen LogP contribution in [0, 0.1) is 0 Å². The zero-order chi connectivity index (χ0) is 13.1. The summed E-state index contributed by atoms with van der Waals surface area (Å²) in [5.74, 6) is 0.979. The lowest BCUT2D eigenvalue weighted by molar-refractivity contribution is 0.672. The van der Waals surface area contributed by atoms with Gasteiger partial charge in [0.2, 0.25) is 0 Å². The van der Waals surface area contributed by atoms with Crippen LogP contribution in [0.3, 0.4) is 0 Å². The van der Waals surface area contributed by atoms with Gasteiger partial charge in [-0.3, -0.25) is 4.40 Å². The number of rotatable bonds is 5. The molecule has 0 saturated carbocycles. The van der Waals surface area contributed by atoms with Crippen LogP contribution < -0.4 is 5.32 Å². The fourth-order valence-electron chi connectivity index (χ4n) is 1.92. The molecule has 0 aliphatic heterocycles.